The summed E-state index contributed by atoms with van der Waals surface area (Å²) in [5.74, 6) is -0.319. The summed E-state index contributed by atoms with van der Waals surface area (Å²) in [5, 5.41) is 10.3. The van der Waals surface area contributed by atoms with Gasteiger partial charge in [0, 0.05) is 22.3 Å². The minimum absolute atomic E-state index is 0.152. The first kappa shape index (κ1) is 16.4. The van der Waals surface area contributed by atoms with Crippen LogP contribution in [-0.2, 0) is 6.54 Å². The molecule has 0 bridgehead atoms. The molecule has 0 saturated carbocycles. The molecule has 2 N–H and O–H groups in total. The van der Waals surface area contributed by atoms with Gasteiger partial charge < -0.3 is 10.6 Å². The summed E-state index contributed by atoms with van der Waals surface area (Å²) >= 11 is 2.91. The van der Waals surface area contributed by atoms with Gasteiger partial charge in [-0.05, 0) is 42.6 Å². The lowest BCUT2D eigenvalue weighted by atomic mass is 10.2. The van der Waals surface area contributed by atoms with Crippen LogP contribution in [0.25, 0.3) is 0 Å². The van der Waals surface area contributed by atoms with Gasteiger partial charge in [0.2, 0.25) is 0 Å². The molecule has 3 rings (SSSR count). The number of nitrogens with zero attached hydrogens (tertiary/aromatic N) is 1. The van der Waals surface area contributed by atoms with Gasteiger partial charge in [0.05, 0.1) is 11.4 Å². The van der Waals surface area contributed by atoms with Gasteiger partial charge in [-0.2, -0.15) is 0 Å². The van der Waals surface area contributed by atoms with Gasteiger partial charge >= 0.3 is 0 Å². The van der Waals surface area contributed by atoms with Gasteiger partial charge in [0.15, 0.2) is 0 Å². The number of amides is 2. The monoisotopic (exact) mass is 357 g/mol. The average molecular weight is 357 g/mol. The highest BCUT2D eigenvalue weighted by atomic mass is 32.1. The van der Waals surface area contributed by atoms with Crippen molar-refractivity contribution in [2.24, 2.45) is 0 Å². The number of rotatable bonds is 5. The molecule has 7 heteroatoms. The Morgan fingerprint density at radius 1 is 1.08 bits per heavy atom. The van der Waals surface area contributed by atoms with Gasteiger partial charge in [-0.15, -0.1) is 22.7 Å². The van der Waals surface area contributed by atoms with Crippen molar-refractivity contribution in [2.45, 2.75) is 13.5 Å². The Kier molecular flexibility index (Phi) is 5.02. The second-order valence-corrected chi connectivity index (χ2v) is 6.96. The van der Waals surface area contributed by atoms with Crippen molar-refractivity contribution < 1.29 is 9.59 Å². The largest absolute Gasteiger partial charge is 0.346 e. The Morgan fingerprint density at radius 3 is 2.50 bits per heavy atom. The van der Waals surface area contributed by atoms with Crippen LogP contribution >= 0.6 is 22.7 Å². The van der Waals surface area contributed by atoms with Crippen molar-refractivity contribution in [1.82, 2.24) is 10.3 Å². The van der Waals surface area contributed by atoms with Crippen LogP contribution in [0, 0.1) is 6.92 Å². The number of thiophene rings is 1. The lowest BCUT2D eigenvalue weighted by molar-refractivity contribution is 0.0950. The fraction of sp³-hybridized carbons (Fsp3) is 0.118. The van der Waals surface area contributed by atoms with E-state index in [1.807, 2.05) is 23.8 Å². The average Bonchev–Trinajstić information content (AvgIpc) is 3.25. The third-order valence-electron chi connectivity index (χ3n) is 3.22. The number of hydrogen-bond donors (Lipinski definition) is 2. The topological polar surface area (TPSA) is 71.1 Å². The lowest BCUT2D eigenvalue weighted by Gasteiger charge is -2.06. The Balaban J connectivity index is 1.57. The van der Waals surface area contributed by atoms with E-state index in [-0.39, 0.29) is 11.8 Å². The van der Waals surface area contributed by atoms with E-state index >= 15 is 0 Å². The lowest BCUT2D eigenvalue weighted by Crippen LogP contribution is -2.22. The SMILES string of the molecule is Cc1csc(CNC(=O)c2ccc(NC(=O)c3cccs3)cc2)n1. The van der Waals surface area contributed by atoms with Gasteiger partial charge in [0.25, 0.3) is 11.8 Å². The number of carbonyl (C=O) groups is 2. The van der Waals surface area contributed by atoms with Crippen molar-refractivity contribution in [3.63, 3.8) is 0 Å². The highest BCUT2D eigenvalue weighted by molar-refractivity contribution is 7.12. The minimum Gasteiger partial charge on any atom is -0.346 e. The van der Waals surface area contributed by atoms with Crippen molar-refractivity contribution >= 4 is 40.2 Å². The summed E-state index contributed by atoms with van der Waals surface area (Å²) in [6.07, 6.45) is 0. The number of nitrogens with one attached hydrogen (secondary N) is 2. The number of hydrogen-bond acceptors (Lipinski definition) is 5. The first-order valence-corrected chi connectivity index (χ1v) is 9.02. The predicted molar refractivity (Wildman–Crippen MR) is 96.7 cm³/mol. The summed E-state index contributed by atoms with van der Waals surface area (Å²) in [6, 6.07) is 10.4. The molecule has 5 nitrogen and oxygen atoms in total. The number of benzene rings is 1. The fourth-order valence-corrected chi connectivity index (χ4v) is 3.38. The van der Waals surface area contributed by atoms with Crippen LogP contribution < -0.4 is 10.6 Å². The van der Waals surface area contributed by atoms with E-state index < -0.39 is 0 Å². The van der Waals surface area contributed by atoms with Crippen LogP contribution in [0.5, 0.6) is 0 Å². The molecule has 2 amide bonds. The highest BCUT2D eigenvalue weighted by Gasteiger charge is 2.09. The molecule has 0 fully saturated rings. The fourth-order valence-electron chi connectivity index (χ4n) is 2.05. The van der Waals surface area contributed by atoms with E-state index in [1.54, 1.807) is 30.3 Å². The molecule has 3 aromatic rings. The molecule has 0 unspecified atom stereocenters. The van der Waals surface area contributed by atoms with Gasteiger partial charge in [0.1, 0.15) is 5.01 Å². The van der Waals surface area contributed by atoms with Crippen LogP contribution in [0.1, 0.15) is 30.7 Å². The summed E-state index contributed by atoms with van der Waals surface area (Å²) in [4.78, 5) is 29.0. The van der Waals surface area contributed by atoms with E-state index in [2.05, 4.69) is 15.6 Å². The van der Waals surface area contributed by atoms with Gasteiger partial charge in [-0.1, -0.05) is 6.07 Å². The maximum absolute atomic E-state index is 12.1. The predicted octanol–water partition coefficient (Wildman–Crippen LogP) is 3.70. The maximum atomic E-state index is 12.1. The molecule has 2 heterocycles. The molecule has 0 radical (unpaired) electrons. The molecular formula is C17H15N3O2S2. The van der Waals surface area contributed by atoms with Crippen molar-refractivity contribution in [1.29, 1.82) is 0 Å². The summed E-state index contributed by atoms with van der Waals surface area (Å²) in [7, 11) is 0. The van der Waals surface area contributed by atoms with E-state index in [1.165, 1.54) is 22.7 Å². The molecule has 24 heavy (non-hydrogen) atoms. The van der Waals surface area contributed by atoms with E-state index in [0.29, 0.717) is 22.7 Å². The second kappa shape index (κ2) is 7.37. The highest BCUT2D eigenvalue weighted by Crippen LogP contribution is 2.14. The molecule has 0 saturated heterocycles. The molecule has 2 aromatic heterocycles. The Bertz CT molecular complexity index is 839. The van der Waals surface area contributed by atoms with Crippen LogP contribution in [0.4, 0.5) is 5.69 Å². The molecule has 1 aromatic carbocycles. The third kappa shape index (κ3) is 4.06. The maximum Gasteiger partial charge on any atom is 0.265 e. The summed E-state index contributed by atoms with van der Waals surface area (Å²) < 4.78 is 0. The van der Waals surface area contributed by atoms with Crippen molar-refractivity contribution in [2.75, 3.05) is 5.32 Å². The van der Waals surface area contributed by atoms with Crippen LogP contribution in [0.2, 0.25) is 0 Å². The van der Waals surface area contributed by atoms with Gasteiger partial charge in [-0.3, -0.25) is 9.59 Å². The van der Waals surface area contributed by atoms with E-state index in [9.17, 15) is 9.59 Å². The number of aryl methyl sites for hydroxylation is 1. The molecular weight excluding hydrogens is 342 g/mol. The minimum atomic E-state index is -0.168. The van der Waals surface area contributed by atoms with Gasteiger partial charge in [-0.25, -0.2) is 4.98 Å². The zero-order valence-corrected chi connectivity index (χ0v) is 14.5. The summed E-state index contributed by atoms with van der Waals surface area (Å²) in [5.41, 5.74) is 2.15. The van der Waals surface area contributed by atoms with Crippen molar-refractivity contribution in [3.05, 3.63) is 68.3 Å². The third-order valence-corrected chi connectivity index (χ3v) is 5.05. The molecule has 0 aliphatic carbocycles. The Labute approximate surface area is 147 Å². The Hall–Kier alpha value is -2.51. The van der Waals surface area contributed by atoms with Crippen LogP contribution in [0.3, 0.4) is 0 Å². The number of aromatic nitrogens is 1. The molecule has 0 aliphatic rings. The molecule has 0 aliphatic heterocycles. The number of anilines is 1. The smallest absolute Gasteiger partial charge is 0.265 e. The first-order chi connectivity index (χ1) is 11.6. The quantitative estimate of drug-likeness (QED) is 0.731. The molecule has 0 spiro atoms. The molecule has 122 valence electrons. The zero-order chi connectivity index (χ0) is 16.9. The number of thiazole rings is 1. The van der Waals surface area contributed by atoms with Crippen LogP contribution in [-0.4, -0.2) is 16.8 Å². The second-order valence-electron chi connectivity index (χ2n) is 5.07. The zero-order valence-electron chi connectivity index (χ0n) is 12.9. The normalized spacial score (nSPS) is 10.4. The molecule has 0 atom stereocenters. The first-order valence-electron chi connectivity index (χ1n) is 7.26. The summed E-state index contributed by atoms with van der Waals surface area (Å²) in [6.45, 7) is 2.33. The van der Waals surface area contributed by atoms with Crippen LogP contribution in [0.15, 0.2) is 47.2 Å². The van der Waals surface area contributed by atoms with E-state index in [4.69, 9.17) is 0 Å². The standard InChI is InChI=1S/C17H15N3O2S2/c1-11-10-24-15(19-11)9-18-16(21)12-4-6-13(7-5-12)20-17(22)14-3-2-8-23-14/h2-8,10H,9H2,1H3,(H,18,21)(H,20,22). The van der Waals surface area contributed by atoms with Crippen molar-refractivity contribution in [3.8, 4) is 0 Å². The van der Waals surface area contributed by atoms with E-state index in [0.717, 1.165) is 10.7 Å². The Morgan fingerprint density at radius 2 is 1.88 bits per heavy atom. The number of carbonyl (C=O) groups excluding carboxylic acids is 2.